The molecule has 5 nitrogen and oxygen atoms in total. The first-order valence-electron chi connectivity index (χ1n) is 5.86. The van der Waals surface area contributed by atoms with Crippen LogP contribution in [-0.4, -0.2) is 56.4 Å². The Bertz CT molecular complexity index is 371. The highest BCUT2D eigenvalue weighted by molar-refractivity contribution is 6.59. The summed E-state index contributed by atoms with van der Waals surface area (Å²) in [6, 6.07) is 4.97. The van der Waals surface area contributed by atoms with Gasteiger partial charge in [0.25, 0.3) is 0 Å². The van der Waals surface area contributed by atoms with Crippen molar-refractivity contribution in [3.63, 3.8) is 0 Å². The van der Waals surface area contributed by atoms with E-state index in [1.54, 1.807) is 18.2 Å². The number of rotatable bonds is 7. The molecule has 0 fully saturated rings. The molecule has 0 atom stereocenters. The van der Waals surface area contributed by atoms with Crippen molar-refractivity contribution in [3.8, 4) is 11.5 Å². The van der Waals surface area contributed by atoms with Gasteiger partial charge in [-0.05, 0) is 38.7 Å². The van der Waals surface area contributed by atoms with E-state index in [0.717, 1.165) is 13.0 Å². The minimum Gasteiger partial charge on any atom is -0.497 e. The highest BCUT2D eigenvalue weighted by Gasteiger charge is 2.18. The maximum Gasteiger partial charge on any atom is 0.492 e. The van der Waals surface area contributed by atoms with Gasteiger partial charge in [-0.2, -0.15) is 0 Å². The minimum absolute atomic E-state index is 0.319. The SMILES string of the molecule is COc1ccc(OCCCN(C)C)c(B(O)O)c1. The van der Waals surface area contributed by atoms with Crippen LogP contribution in [0.3, 0.4) is 0 Å². The largest absolute Gasteiger partial charge is 0.497 e. The number of nitrogens with zero attached hydrogens (tertiary/aromatic N) is 1. The Hall–Kier alpha value is -1.24. The van der Waals surface area contributed by atoms with E-state index in [-0.39, 0.29) is 0 Å². The summed E-state index contributed by atoms with van der Waals surface area (Å²) in [6.45, 7) is 1.46. The Morgan fingerprint density at radius 1 is 1.28 bits per heavy atom. The summed E-state index contributed by atoms with van der Waals surface area (Å²) in [4.78, 5) is 2.07. The molecule has 0 aliphatic carbocycles. The Kier molecular flexibility index (Phi) is 5.98. The van der Waals surface area contributed by atoms with Crippen molar-refractivity contribution in [3.05, 3.63) is 18.2 Å². The van der Waals surface area contributed by atoms with Gasteiger partial charge in [-0.15, -0.1) is 0 Å². The third-order valence-electron chi connectivity index (χ3n) is 2.50. The molecule has 18 heavy (non-hydrogen) atoms. The molecular weight excluding hydrogens is 233 g/mol. The summed E-state index contributed by atoms with van der Waals surface area (Å²) in [5.41, 5.74) is 0.319. The number of hydrogen-bond donors (Lipinski definition) is 2. The molecule has 0 aliphatic heterocycles. The minimum atomic E-state index is -1.57. The summed E-state index contributed by atoms with van der Waals surface area (Å²) in [7, 11) is 3.96. The first-order valence-corrected chi connectivity index (χ1v) is 5.86. The van der Waals surface area contributed by atoms with E-state index in [2.05, 4.69) is 4.90 Å². The van der Waals surface area contributed by atoms with Gasteiger partial charge in [-0.1, -0.05) is 0 Å². The van der Waals surface area contributed by atoms with Crippen LogP contribution >= 0.6 is 0 Å². The lowest BCUT2D eigenvalue weighted by Crippen LogP contribution is -2.31. The van der Waals surface area contributed by atoms with Gasteiger partial charge < -0.3 is 24.4 Å². The third-order valence-corrected chi connectivity index (χ3v) is 2.50. The molecule has 0 spiro atoms. The smallest absolute Gasteiger partial charge is 0.492 e. The predicted octanol–water partition coefficient (Wildman–Crippen LogP) is -0.294. The summed E-state index contributed by atoms with van der Waals surface area (Å²) >= 11 is 0. The van der Waals surface area contributed by atoms with Crippen LogP contribution in [0.1, 0.15) is 6.42 Å². The molecule has 0 heterocycles. The van der Waals surface area contributed by atoms with Crippen LogP contribution in [-0.2, 0) is 0 Å². The standard InChI is InChI=1S/C12H20BNO4/c1-14(2)7-4-8-18-12-6-5-10(17-3)9-11(12)13(15)16/h5-6,9,15-16H,4,7-8H2,1-3H3. The van der Waals surface area contributed by atoms with Gasteiger partial charge in [0.1, 0.15) is 11.5 Å². The van der Waals surface area contributed by atoms with E-state index in [1.807, 2.05) is 14.1 Å². The second kappa shape index (κ2) is 7.26. The highest BCUT2D eigenvalue weighted by atomic mass is 16.5. The monoisotopic (exact) mass is 253 g/mol. The molecule has 0 radical (unpaired) electrons. The zero-order chi connectivity index (χ0) is 13.5. The zero-order valence-electron chi connectivity index (χ0n) is 11.1. The van der Waals surface area contributed by atoms with Crippen LogP contribution in [0.4, 0.5) is 0 Å². The highest BCUT2D eigenvalue weighted by Crippen LogP contribution is 2.15. The fraction of sp³-hybridized carbons (Fsp3) is 0.500. The predicted molar refractivity (Wildman–Crippen MR) is 71.5 cm³/mol. The lowest BCUT2D eigenvalue weighted by atomic mass is 9.79. The molecule has 0 aromatic heterocycles. The van der Waals surface area contributed by atoms with Crippen molar-refractivity contribution in [2.45, 2.75) is 6.42 Å². The van der Waals surface area contributed by atoms with Gasteiger partial charge in [0.2, 0.25) is 0 Å². The summed E-state index contributed by atoms with van der Waals surface area (Å²) < 4.78 is 10.6. The molecule has 0 amide bonds. The van der Waals surface area contributed by atoms with Crippen molar-refractivity contribution in [2.75, 3.05) is 34.4 Å². The van der Waals surface area contributed by atoms with E-state index in [9.17, 15) is 10.0 Å². The van der Waals surface area contributed by atoms with Gasteiger partial charge in [-0.3, -0.25) is 0 Å². The maximum atomic E-state index is 9.28. The average molecular weight is 253 g/mol. The van der Waals surface area contributed by atoms with Crippen LogP contribution in [0.25, 0.3) is 0 Å². The third kappa shape index (κ3) is 4.56. The van der Waals surface area contributed by atoms with Crippen molar-refractivity contribution in [1.29, 1.82) is 0 Å². The van der Waals surface area contributed by atoms with Gasteiger partial charge in [0, 0.05) is 12.0 Å². The molecule has 1 aromatic carbocycles. The van der Waals surface area contributed by atoms with Gasteiger partial charge >= 0.3 is 7.12 Å². The van der Waals surface area contributed by atoms with E-state index < -0.39 is 7.12 Å². The van der Waals surface area contributed by atoms with E-state index in [4.69, 9.17) is 9.47 Å². The molecule has 0 saturated heterocycles. The first kappa shape index (κ1) is 14.8. The van der Waals surface area contributed by atoms with Crippen LogP contribution in [0, 0.1) is 0 Å². The van der Waals surface area contributed by atoms with E-state index in [0.29, 0.717) is 23.6 Å². The normalized spacial score (nSPS) is 10.6. The molecule has 1 aromatic rings. The Morgan fingerprint density at radius 3 is 2.56 bits per heavy atom. The molecule has 100 valence electrons. The quantitative estimate of drug-likeness (QED) is 0.516. The number of methoxy groups -OCH3 is 1. The maximum absolute atomic E-state index is 9.28. The lowest BCUT2D eigenvalue weighted by molar-refractivity contribution is 0.282. The molecule has 6 heteroatoms. The lowest BCUT2D eigenvalue weighted by Gasteiger charge is -2.14. The molecule has 1 rings (SSSR count). The fourth-order valence-corrected chi connectivity index (χ4v) is 1.55. The summed E-state index contributed by atoms with van der Waals surface area (Å²) in [6.07, 6.45) is 0.875. The molecule has 0 saturated carbocycles. The van der Waals surface area contributed by atoms with Crippen LogP contribution in [0.2, 0.25) is 0 Å². The van der Waals surface area contributed by atoms with Crippen molar-refractivity contribution in [2.24, 2.45) is 0 Å². The molecule has 0 aliphatic rings. The van der Waals surface area contributed by atoms with Crippen molar-refractivity contribution in [1.82, 2.24) is 4.90 Å². The topological polar surface area (TPSA) is 62.2 Å². The van der Waals surface area contributed by atoms with E-state index in [1.165, 1.54) is 7.11 Å². The second-order valence-corrected chi connectivity index (χ2v) is 4.28. The van der Waals surface area contributed by atoms with Crippen molar-refractivity contribution < 1.29 is 19.5 Å². The van der Waals surface area contributed by atoms with E-state index >= 15 is 0 Å². The molecule has 2 N–H and O–H groups in total. The molecule has 0 bridgehead atoms. The van der Waals surface area contributed by atoms with Crippen LogP contribution < -0.4 is 14.9 Å². The number of ether oxygens (including phenoxy) is 2. The fourth-order valence-electron chi connectivity index (χ4n) is 1.55. The molecular formula is C12H20BNO4. The zero-order valence-corrected chi connectivity index (χ0v) is 11.1. The average Bonchev–Trinajstić information content (AvgIpc) is 2.34. The Labute approximate surface area is 108 Å². The van der Waals surface area contributed by atoms with Gasteiger partial charge in [-0.25, -0.2) is 0 Å². The van der Waals surface area contributed by atoms with Crippen LogP contribution in [0.5, 0.6) is 11.5 Å². The summed E-state index contributed by atoms with van der Waals surface area (Å²) in [5, 5.41) is 18.6. The van der Waals surface area contributed by atoms with Gasteiger partial charge in [0.15, 0.2) is 0 Å². The second-order valence-electron chi connectivity index (χ2n) is 4.28. The van der Waals surface area contributed by atoms with Gasteiger partial charge in [0.05, 0.1) is 13.7 Å². The Morgan fingerprint density at radius 2 is 2.00 bits per heavy atom. The first-order chi connectivity index (χ1) is 8.54. The summed E-state index contributed by atoms with van der Waals surface area (Å²) in [5.74, 6) is 1.04. The Balaban J connectivity index is 2.63. The molecule has 0 unspecified atom stereocenters. The number of hydrogen-bond acceptors (Lipinski definition) is 5. The van der Waals surface area contributed by atoms with Crippen LogP contribution in [0.15, 0.2) is 18.2 Å². The number of benzene rings is 1. The van der Waals surface area contributed by atoms with Crippen molar-refractivity contribution >= 4 is 12.6 Å².